The van der Waals surface area contributed by atoms with Gasteiger partial charge in [-0.1, -0.05) is 6.92 Å². The molecule has 1 aliphatic heterocycles. The third-order valence-corrected chi connectivity index (χ3v) is 3.04. The Morgan fingerprint density at radius 3 is 2.53 bits per heavy atom. The van der Waals surface area contributed by atoms with Gasteiger partial charge in [0.15, 0.2) is 0 Å². The quantitative estimate of drug-likeness (QED) is 0.757. The van der Waals surface area contributed by atoms with E-state index < -0.39 is 0 Å². The Hall–Kier alpha value is -1.26. The first-order valence-corrected chi connectivity index (χ1v) is 6.45. The highest BCUT2D eigenvalue weighted by atomic mass is 16.2. The van der Waals surface area contributed by atoms with Gasteiger partial charge in [-0.05, 0) is 26.2 Å². The Bertz CT molecular complexity index is 262. The van der Waals surface area contributed by atoms with Crippen LogP contribution in [0.1, 0.15) is 39.5 Å². The Kier molecular flexibility index (Phi) is 5.80. The summed E-state index contributed by atoms with van der Waals surface area (Å²) in [4.78, 5) is 24.8. The zero-order chi connectivity index (χ0) is 12.7. The largest absolute Gasteiger partial charge is 0.354 e. The normalized spacial score (nSPS) is 16.7. The number of carbonyl (C=O) groups excluding carboxylic acids is 2. The number of hydrogen-bond acceptors (Lipinski definition) is 2. The van der Waals surface area contributed by atoms with Crippen molar-refractivity contribution in [2.45, 2.75) is 45.6 Å². The van der Waals surface area contributed by atoms with Crippen LogP contribution in [0.3, 0.4) is 0 Å². The van der Waals surface area contributed by atoms with Crippen molar-refractivity contribution in [2.24, 2.45) is 0 Å². The van der Waals surface area contributed by atoms with Gasteiger partial charge in [-0.2, -0.15) is 0 Å². The molecule has 1 rings (SSSR count). The molecule has 1 saturated heterocycles. The number of amides is 3. The SMILES string of the molecule is CCC(C)NC(=O)CCNC(=O)N1CCCC1. The van der Waals surface area contributed by atoms with Gasteiger partial charge in [0.1, 0.15) is 0 Å². The molecular weight excluding hydrogens is 218 g/mol. The summed E-state index contributed by atoms with van der Waals surface area (Å²) < 4.78 is 0. The summed E-state index contributed by atoms with van der Waals surface area (Å²) in [6, 6.07) is 0.163. The minimum Gasteiger partial charge on any atom is -0.354 e. The number of nitrogens with zero attached hydrogens (tertiary/aromatic N) is 1. The predicted octanol–water partition coefficient (Wildman–Crippen LogP) is 1.10. The highest BCUT2D eigenvalue weighted by Crippen LogP contribution is 2.06. The standard InChI is InChI=1S/C12H23N3O2/c1-3-10(2)14-11(16)6-7-13-12(17)15-8-4-5-9-15/h10H,3-9H2,1-2H3,(H,13,17)(H,14,16). The molecule has 5 nitrogen and oxygen atoms in total. The third kappa shape index (κ3) is 5.06. The minimum absolute atomic E-state index is 0.000993. The maximum Gasteiger partial charge on any atom is 0.317 e. The number of urea groups is 1. The average molecular weight is 241 g/mol. The molecule has 1 aliphatic rings. The number of hydrogen-bond donors (Lipinski definition) is 2. The van der Waals surface area contributed by atoms with Crippen molar-refractivity contribution in [1.29, 1.82) is 0 Å². The van der Waals surface area contributed by atoms with Crippen LogP contribution in [0.15, 0.2) is 0 Å². The molecule has 17 heavy (non-hydrogen) atoms. The number of likely N-dealkylation sites (tertiary alicyclic amines) is 1. The first-order valence-electron chi connectivity index (χ1n) is 6.45. The van der Waals surface area contributed by atoms with Gasteiger partial charge in [-0.3, -0.25) is 4.79 Å². The van der Waals surface area contributed by atoms with Crippen molar-refractivity contribution in [3.8, 4) is 0 Å². The maximum atomic E-state index is 11.6. The molecule has 2 N–H and O–H groups in total. The van der Waals surface area contributed by atoms with Crippen molar-refractivity contribution >= 4 is 11.9 Å². The molecule has 3 amide bonds. The van der Waals surface area contributed by atoms with Crippen LogP contribution < -0.4 is 10.6 Å². The van der Waals surface area contributed by atoms with E-state index in [0.29, 0.717) is 13.0 Å². The van der Waals surface area contributed by atoms with Gasteiger partial charge in [0.25, 0.3) is 0 Å². The molecule has 0 saturated carbocycles. The summed E-state index contributed by atoms with van der Waals surface area (Å²) >= 11 is 0. The van der Waals surface area contributed by atoms with E-state index in [2.05, 4.69) is 10.6 Å². The van der Waals surface area contributed by atoms with Crippen LogP contribution in [0.2, 0.25) is 0 Å². The van der Waals surface area contributed by atoms with E-state index in [0.717, 1.165) is 32.4 Å². The zero-order valence-electron chi connectivity index (χ0n) is 10.8. The first-order chi connectivity index (χ1) is 8.13. The molecule has 98 valence electrons. The van der Waals surface area contributed by atoms with E-state index in [9.17, 15) is 9.59 Å². The summed E-state index contributed by atoms with van der Waals surface area (Å²) in [6.07, 6.45) is 3.44. The molecule has 0 aromatic carbocycles. The lowest BCUT2D eigenvalue weighted by molar-refractivity contribution is -0.121. The molecule has 1 fully saturated rings. The van der Waals surface area contributed by atoms with Gasteiger partial charge in [-0.15, -0.1) is 0 Å². The van der Waals surface area contributed by atoms with Crippen LogP contribution >= 0.6 is 0 Å². The molecule has 0 radical (unpaired) electrons. The van der Waals surface area contributed by atoms with Gasteiger partial charge >= 0.3 is 6.03 Å². The summed E-state index contributed by atoms with van der Waals surface area (Å²) in [5.74, 6) is 0.000993. The molecule has 0 aliphatic carbocycles. The first kappa shape index (κ1) is 13.8. The van der Waals surface area contributed by atoms with E-state index in [1.165, 1.54) is 0 Å². The van der Waals surface area contributed by atoms with Gasteiger partial charge in [0.05, 0.1) is 0 Å². The van der Waals surface area contributed by atoms with Crippen LogP contribution in [0, 0.1) is 0 Å². The van der Waals surface area contributed by atoms with Crippen LogP contribution in [0.4, 0.5) is 4.79 Å². The van der Waals surface area contributed by atoms with Crippen molar-refractivity contribution in [2.75, 3.05) is 19.6 Å². The highest BCUT2D eigenvalue weighted by Gasteiger charge is 2.17. The van der Waals surface area contributed by atoms with E-state index in [-0.39, 0.29) is 18.0 Å². The molecule has 0 bridgehead atoms. The lowest BCUT2D eigenvalue weighted by atomic mass is 10.2. The third-order valence-electron chi connectivity index (χ3n) is 3.04. The molecule has 1 unspecified atom stereocenters. The van der Waals surface area contributed by atoms with E-state index in [1.807, 2.05) is 13.8 Å². The van der Waals surface area contributed by atoms with E-state index >= 15 is 0 Å². The Morgan fingerprint density at radius 2 is 1.94 bits per heavy atom. The smallest absolute Gasteiger partial charge is 0.317 e. The second kappa shape index (κ2) is 7.14. The number of rotatable bonds is 5. The van der Waals surface area contributed by atoms with Crippen LogP contribution in [-0.4, -0.2) is 42.5 Å². The number of nitrogens with one attached hydrogen (secondary N) is 2. The second-order valence-electron chi connectivity index (χ2n) is 4.55. The minimum atomic E-state index is -0.0427. The lowest BCUT2D eigenvalue weighted by Gasteiger charge is -2.16. The van der Waals surface area contributed by atoms with Crippen molar-refractivity contribution in [1.82, 2.24) is 15.5 Å². The maximum absolute atomic E-state index is 11.6. The molecule has 5 heteroatoms. The molecule has 0 aromatic heterocycles. The predicted molar refractivity (Wildman–Crippen MR) is 66.7 cm³/mol. The monoisotopic (exact) mass is 241 g/mol. The summed E-state index contributed by atoms with van der Waals surface area (Å²) in [5.41, 5.74) is 0. The second-order valence-corrected chi connectivity index (χ2v) is 4.55. The lowest BCUT2D eigenvalue weighted by Crippen LogP contribution is -2.40. The van der Waals surface area contributed by atoms with Crippen molar-refractivity contribution in [3.63, 3.8) is 0 Å². The molecule has 0 aromatic rings. The summed E-state index contributed by atoms with van der Waals surface area (Å²) in [5, 5.41) is 5.64. The van der Waals surface area contributed by atoms with Crippen LogP contribution in [-0.2, 0) is 4.79 Å². The Morgan fingerprint density at radius 1 is 1.29 bits per heavy atom. The van der Waals surface area contributed by atoms with Crippen LogP contribution in [0.25, 0.3) is 0 Å². The zero-order valence-corrected chi connectivity index (χ0v) is 10.8. The fraction of sp³-hybridized carbons (Fsp3) is 0.833. The fourth-order valence-electron chi connectivity index (χ4n) is 1.76. The van der Waals surface area contributed by atoms with Crippen molar-refractivity contribution < 1.29 is 9.59 Å². The summed E-state index contributed by atoms with van der Waals surface area (Å²) in [7, 11) is 0. The van der Waals surface area contributed by atoms with Gasteiger partial charge in [0.2, 0.25) is 5.91 Å². The topological polar surface area (TPSA) is 61.4 Å². The number of carbonyl (C=O) groups is 2. The fourth-order valence-corrected chi connectivity index (χ4v) is 1.76. The molecule has 0 spiro atoms. The van der Waals surface area contributed by atoms with Gasteiger partial charge in [-0.25, -0.2) is 4.79 Å². The van der Waals surface area contributed by atoms with Crippen molar-refractivity contribution in [3.05, 3.63) is 0 Å². The Balaban J connectivity index is 2.10. The molecule has 1 atom stereocenters. The molecule has 1 heterocycles. The Labute approximate surface area is 103 Å². The molecular formula is C12H23N3O2. The van der Waals surface area contributed by atoms with E-state index in [1.54, 1.807) is 4.90 Å². The summed E-state index contributed by atoms with van der Waals surface area (Å²) in [6.45, 7) is 6.09. The van der Waals surface area contributed by atoms with E-state index in [4.69, 9.17) is 0 Å². The van der Waals surface area contributed by atoms with Gasteiger partial charge in [0, 0.05) is 32.1 Å². The van der Waals surface area contributed by atoms with Crippen LogP contribution in [0.5, 0.6) is 0 Å². The highest BCUT2D eigenvalue weighted by molar-refractivity contribution is 5.78. The van der Waals surface area contributed by atoms with Gasteiger partial charge < -0.3 is 15.5 Å². The average Bonchev–Trinajstić information content (AvgIpc) is 2.82.